The number of fused-ring (bicyclic) bond motifs is 1. The summed E-state index contributed by atoms with van der Waals surface area (Å²) in [5.41, 5.74) is 3.53. The van der Waals surface area contributed by atoms with Crippen molar-refractivity contribution < 1.29 is 4.79 Å². The lowest BCUT2D eigenvalue weighted by Crippen LogP contribution is -2.45. The number of hydrogen-bond donors (Lipinski definition) is 2. The molecule has 166 valence electrons. The molecule has 4 heterocycles. The van der Waals surface area contributed by atoms with E-state index in [0.29, 0.717) is 17.9 Å². The molecule has 1 amide bonds. The Morgan fingerprint density at radius 1 is 1.16 bits per heavy atom. The second kappa shape index (κ2) is 8.48. The van der Waals surface area contributed by atoms with Gasteiger partial charge >= 0.3 is 0 Å². The van der Waals surface area contributed by atoms with Crippen LogP contribution in [0.2, 0.25) is 0 Å². The van der Waals surface area contributed by atoms with Gasteiger partial charge < -0.3 is 15.1 Å². The molecule has 2 aliphatic heterocycles. The summed E-state index contributed by atoms with van der Waals surface area (Å²) in [6, 6.07) is 2.48. The Morgan fingerprint density at radius 3 is 2.84 bits per heavy atom. The van der Waals surface area contributed by atoms with Crippen molar-refractivity contribution in [1.82, 2.24) is 25.1 Å². The van der Waals surface area contributed by atoms with E-state index < -0.39 is 0 Å². The fraction of sp³-hybridized carbons (Fsp3) is 0.652. The van der Waals surface area contributed by atoms with E-state index in [-0.39, 0.29) is 0 Å². The largest absolute Gasteiger partial charge is 0.345 e. The number of piperidine rings is 1. The average Bonchev–Trinajstić information content (AvgIpc) is 3.53. The third kappa shape index (κ3) is 4.00. The SMILES string of the molecule is CC(C)c1cc(Nc2nc(N3CCCC3C3CCCN(C=O)C3)nc3c2CCC3)n[nH]1. The fourth-order valence-corrected chi connectivity index (χ4v) is 5.45. The molecule has 2 aromatic heterocycles. The fourth-order valence-electron chi connectivity index (χ4n) is 5.45. The van der Waals surface area contributed by atoms with Gasteiger partial charge in [0.1, 0.15) is 5.82 Å². The first-order valence-corrected chi connectivity index (χ1v) is 11.8. The van der Waals surface area contributed by atoms with Crippen molar-refractivity contribution in [2.75, 3.05) is 29.9 Å². The van der Waals surface area contributed by atoms with Gasteiger partial charge in [-0.05, 0) is 56.8 Å². The maximum Gasteiger partial charge on any atom is 0.227 e. The maximum atomic E-state index is 11.3. The van der Waals surface area contributed by atoms with Crippen LogP contribution in [0.25, 0.3) is 0 Å². The zero-order chi connectivity index (χ0) is 21.4. The molecule has 2 unspecified atom stereocenters. The van der Waals surface area contributed by atoms with Gasteiger partial charge in [-0.1, -0.05) is 13.8 Å². The highest BCUT2D eigenvalue weighted by Gasteiger charge is 2.36. The summed E-state index contributed by atoms with van der Waals surface area (Å²) in [5, 5.41) is 11.0. The second-order valence-corrected chi connectivity index (χ2v) is 9.54. The molecule has 1 aliphatic carbocycles. The van der Waals surface area contributed by atoms with Gasteiger partial charge in [0.2, 0.25) is 12.4 Å². The molecule has 2 fully saturated rings. The van der Waals surface area contributed by atoms with Crippen LogP contribution >= 0.6 is 0 Å². The summed E-state index contributed by atoms with van der Waals surface area (Å²) in [6.45, 7) is 7.04. The minimum atomic E-state index is 0.404. The molecule has 0 spiro atoms. The normalized spacial score (nSPS) is 23.5. The van der Waals surface area contributed by atoms with Gasteiger partial charge in [-0.2, -0.15) is 10.1 Å². The van der Waals surface area contributed by atoms with Gasteiger partial charge in [-0.15, -0.1) is 0 Å². The Balaban J connectivity index is 1.42. The standard InChI is InChI=1S/C23H33N7O/c1-15(2)19-12-21(28-27-19)25-22-17-7-3-8-18(17)24-23(26-22)30-11-5-9-20(30)16-6-4-10-29(13-16)14-31/h12,14-16,20H,3-11,13H2,1-2H3,(H2,24,25,26,27,28). The Morgan fingerprint density at radius 2 is 2.03 bits per heavy atom. The van der Waals surface area contributed by atoms with Crippen LogP contribution < -0.4 is 10.2 Å². The van der Waals surface area contributed by atoms with Gasteiger partial charge in [0.05, 0.1) is 5.69 Å². The molecule has 8 heteroatoms. The molecule has 2 saturated heterocycles. The van der Waals surface area contributed by atoms with Crippen LogP contribution in [0.5, 0.6) is 0 Å². The summed E-state index contributed by atoms with van der Waals surface area (Å²) >= 11 is 0. The van der Waals surface area contributed by atoms with E-state index in [1.165, 1.54) is 17.7 Å². The summed E-state index contributed by atoms with van der Waals surface area (Å²) in [4.78, 5) is 25.7. The first-order valence-electron chi connectivity index (χ1n) is 11.8. The average molecular weight is 424 g/mol. The van der Waals surface area contributed by atoms with E-state index in [1.807, 2.05) is 4.90 Å². The smallest absolute Gasteiger partial charge is 0.227 e. The number of carbonyl (C=O) groups is 1. The second-order valence-electron chi connectivity index (χ2n) is 9.54. The van der Waals surface area contributed by atoms with Crippen molar-refractivity contribution >= 4 is 24.0 Å². The zero-order valence-corrected chi connectivity index (χ0v) is 18.6. The van der Waals surface area contributed by atoms with Crippen molar-refractivity contribution in [3.8, 4) is 0 Å². The molecule has 0 saturated carbocycles. The maximum absolute atomic E-state index is 11.3. The number of aromatic nitrogens is 4. The summed E-state index contributed by atoms with van der Waals surface area (Å²) in [5.74, 6) is 3.46. The number of anilines is 3. The van der Waals surface area contributed by atoms with Crippen LogP contribution in [0.1, 0.15) is 68.8 Å². The van der Waals surface area contributed by atoms with E-state index >= 15 is 0 Å². The number of nitrogens with zero attached hydrogens (tertiary/aromatic N) is 5. The Kier molecular flexibility index (Phi) is 5.54. The van der Waals surface area contributed by atoms with Gasteiger partial charge in [-0.3, -0.25) is 9.89 Å². The van der Waals surface area contributed by atoms with E-state index in [1.54, 1.807) is 0 Å². The molecule has 31 heavy (non-hydrogen) atoms. The Bertz CT molecular complexity index is 940. The molecule has 5 rings (SSSR count). The van der Waals surface area contributed by atoms with Crippen molar-refractivity contribution in [3.63, 3.8) is 0 Å². The number of aryl methyl sites for hydroxylation is 1. The summed E-state index contributed by atoms with van der Waals surface area (Å²) in [7, 11) is 0. The van der Waals surface area contributed by atoms with Crippen LogP contribution in [0, 0.1) is 5.92 Å². The van der Waals surface area contributed by atoms with Crippen LogP contribution in [0.3, 0.4) is 0 Å². The number of aromatic amines is 1. The molecule has 0 aromatic carbocycles. The monoisotopic (exact) mass is 423 g/mol. The number of carbonyl (C=O) groups excluding carboxylic acids is 1. The van der Waals surface area contributed by atoms with E-state index in [2.05, 4.69) is 40.3 Å². The van der Waals surface area contributed by atoms with E-state index in [0.717, 1.165) is 87.8 Å². The quantitative estimate of drug-likeness (QED) is 0.692. The number of H-pyrrole nitrogens is 1. The van der Waals surface area contributed by atoms with Crippen molar-refractivity contribution in [2.24, 2.45) is 5.92 Å². The highest BCUT2D eigenvalue weighted by Crippen LogP contribution is 2.36. The van der Waals surface area contributed by atoms with Crippen LogP contribution in [0.4, 0.5) is 17.6 Å². The van der Waals surface area contributed by atoms with Gasteiger partial charge in [0.25, 0.3) is 0 Å². The van der Waals surface area contributed by atoms with Gasteiger partial charge in [0, 0.05) is 43.0 Å². The molecule has 0 radical (unpaired) electrons. The Hall–Kier alpha value is -2.64. The number of rotatable bonds is 6. The molecule has 3 aliphatic rings. The van der Waals surface area contributed by atoms with Crippen molar-refractivity contribution in [3.05, 3.63) is 23.0 Å². The van der Waals surface area contributed by atoms with Crippen LogP contribution in [0.15, 0.2) is 6.07 Å². The first kappa shape index (κ1) is 20.3. The predicted octanol–water partition coefficient (Wildman–Crippen LogP) is 3.39. The van der Waals surface area contributed by atoms with E-state index in [4.69, 9.17) is 9.97 Å². The minimum Gasteiger partial charge on any atom is -0.345 e. The van der Waals surface area contributed by atoms with Crippen molar-refractivity contribution in [2.45, 2.75) is 70.8 Å². The number of likely N-dealkylation sites (tertiary alicyclic amines) is 1. The van der Waals surface area contributed by atoms with E-state index in [9.17, 15) is 4.79 Å². The first-order chi connectivity index (χ1) is 15.1. The summed E-state index contributed by atoms with van der Waals surface area (Å²) in [6.07, 6.45) is 8.73. The number of hydrogen-bond acceptors (Lipinski definition) is 6. The lowest BCUT2D eigenvalue weighted by atomic mass is 9.89. The Labute approximate surface area is 183 Å². The predicted molar refractivity (Wildman–Crippen MR) is 121 cm³/mol. The van der Waals surface area contributed by atoms with Crippen LogP contribution in [-0.2, 0) is 17.6 Å². The number of nitrogens with one attached hydrogen (secondary N) is 2. The zero-order valence-electron chi connectivity index (χ0n) is 18.6. The van der Waals surface area contributed by atoms with Gasteiger partial charge in [0.15, 0.2) is 5.82 Å². The van der Waals surface area contributed by atoms with Gasteiger partial charge in [-0.25, -0.2) is 4.98 Å². The molecule has 8 nitrogen and oxygen atoms in total. The van der Waals surface area contributed by atoms with Crippen LogP contribution in [-0.4, -0.2) is 57.2 Å². The highest BCUT2D eigenvalue weighted by atomic mass is 16.1. The lowest BCUT2D eigenvalue weighted by molar-refractivity contribution is -0.119. The molecular formula is C23H33N7O. The third-order valence-electron chi connectivity index (χ3n) is 7.13. The highest BCUT2D eigenvalue weighted by molar-refractivity contribution is 5.61. The van der Waals surface area contributed by atoms with Crippen molar-refractivity contribution in [1.29, 1.82) is 0 Å². The molecule has 2 aromatic rings. The number of amides is 1. The lowest BCUT2D eigenvalue weighted by Gasteiger charge is -2.37. The summed E-state index contributed by atoms with van der Waals surface area (Å²) < 4.78 is 0. The topological polar surface area (TPSA) is 90.0 Å². The molecule has 2 atom stereocenters. The molecule has 0 bridgehead atoms. The molecular weight excluding hydrogens is 390 g/mol. The molecule has 2 N–H and O–H groups in total. The minimum absolute atomic E-state index is 0.404. The third-order valence-corrected chi connectivity index (χ3v) is 7.13.